The van der Waals surface area contributed by atoms with E-state index in [1.807, 2.05) is 19.1 Å². The average molecular weight is 451 g/mol. The molecule has 0 spiro atoms. The van der Waals surface area contributed by atoms with Crippen LogP contribution in [0.25, 0.3) is 0 Å². The van der Waals surface area contributed by atoms with Crippen molar-refractivity contribution in [2.24, 2.45) is 11.8 Å². The molecule has 32 heavy (non-hydrogen) atoms. The Morgan fingerprint density at radius 3 is 2.28 bits per heavy atom. The number of hydrogen-bond acceptors (Lipinski definition) is 6. The van der Waals surface area contributed by atoms with E-state index in [0.29, 0.717) is 24.2 Å². The van der Waals surface area contributed by atoms with Gasteiger partial charge in [-0.25, -0.2) is 9.59 Å². The number of phenolic OH excluding ortho intramolecular Hbond substituents is 1. The van der Waals surface area contributed by atoms with Crippen molar-refractivity contribution < 1.29 is 34.4 Å². The molecule has 0 aromatic heterocycles. The minimum atomic E-state index is -1.82. The molecule has 1 unspecified atom stereocenters. The second kappa shape index (κ2) is 12.3. The maximum atomic E-state index is 12.8. The summed E-state index contributed by atoms with van der Waals surface area (Å²) in [6, 6.07) is 5.57. The number of rotatable bonds is 5. The maximum Gasteiger partial charge on any atom is 0.414 e. The first-order valence-electron chi connectivity index (χ1n) is 11.1. The molecule has 0 bridgehead atoms. The summed E-state index contributed by atoms with van der Waals surface area (Å²) in [7, 11) is 0. The molecule has 1 amide bonds. The normalized spacial score (nSPS) is 19.6. The van der Waals surface area contributed by atoms with Gasteiger partial charge in [-0.2, -0.15) is 0 Å². The number of piperidine rings is 2. The van der Waals surface area contributed by atoms with Gasteiger partial charge in [0, 0.05) is 25.6 Å². The zero-order valence-corrected chi connectivity index (χ0v) is 18.8. The molecule has 2 saturated heterocycles. The quantitative estimate of drug-likeness (QED) is 0.584. The third-order valence-electron chi connectivity index (χ3n) is 5.82. The second-order valence-corrected chi connectivity index (χ2v) is 8.43. The number of likely N-dealkylation sites (tertiary alicyclic amines) is 2. The van der Waals surface area contributed by atoms with Crippen LogP contribution >= 0.6 is 0 Å². The predicted octanol–water partition coefficient (Wildman–Crippen LogP) is 2.42. The van der Waals surface area contributed by atoms with E-state index in [9.17, 15) is 9.90 Å². The molecule has 1 atom stereocenters. The molecule has 9 nitrogen and oxygen atoms in total. The molecular formula is C23H34N2O7. The molecule has 0 radical (unpaired) electrons. The van der Waals surface area contributed by atoms with Gasteiger partial charge in [-0.15, -0.1) is 0 Å². The van der Waals surface area contributed by atoms with Crippen LogP contribution in [-0.4, -0.2) is 75.8 Å². The molecule has 2 aliphatic rings. The fraction of sp³-hybridized carbons (Fsp3) is 0.609. The number of carboxylic acids is 2. The summed E-state index contributed by atoms with van der Waals surface area (Å²) in [6.07, 6.45) is 4.29. The van der Waals surface area contributed by atoms with Gasteiger partial charge in [0.1, 0.15) is 0 Å². The number of hydrogen-bond donors (Lipinski definition) is 3. The van der Waals surface area contributed by atoms with Crippen LogP contribution in [0.3, 0.4) is 0 Å². The van der Waals surface area contributed by atoms with Gasteiger partial charge in [0.05, 0.1) is 6.61 Å². The second-order valence-electron chi connectivity index (χ2n) is 8.43. The first-order valence-corrected chi connectivity index (χ1v) is 11.1. The van der Waals surface area contributed by atoms with Gasteiger partial charge in [-0.3, -0.25) is 9.69 Å². The van der Waals surface area contributed by atoms with Gasteiger partial charge in [0.15, 0.2) is 11.5 Å². The van der Waals surface area contributed by atoms with Crippen molar-refractivity contribution in [3.8, 4) is 11.5 Å². The Kier molecular flexibility index (Phi) is 9.77. The summed E-state index contributed by atoms with van der Waals surface area (Å²) in [5.41, 5.74) is 1.14. The van der Waals surface area contributed by atoms with Crippen LogP contribution in [0.1, 0.15) is 45.1 Å². The van der Waals surface area contributed by atoms with Gasteiger partial charge < -0.3 is 25.0 Å². The summed E-state index contributed by atoms with van der Waals surface area (Å²) < 4.78 is 5.47. The highest BCUT2D eigenvalue weighted by Gasteiger charge is 2.30. The number of carbonyl (C=O) groups excluding carboxylic acids is 1. The van der Waals surface area contributed by atoms with Crippen molar-refractivity contribution >= 4 is 17.8 Å². The number of carbonyl (C=O) groups is 3. The highest BCUT2D eigenvalue weighted by Crippen LogP contribution is 2.29. The van der Waals surface area contributed by atoms with E-state index >= 15 is 0 Å². The highest BCUT2D eigenvalue weighted by atomic mass is 16.5. The molecule has 3 rings (SSSR count). The number of amides is 1. The minimum absolute atomic E-state index is 0.190. The van der Waals surface area contributed by atoms with E-state index < -0.39 is 11.9 Å². The van der Waals surface area contributed by atoms with E-state index in [1.165, 1.54) is 6.42 Å². The van der Waals surface area contributed by atoms with Crippen molar-refractivity contribution in [1.82, 2.24) is 9.80 Å². The SMILES string of the molecule is CCOc1cc(CN2CCC(C(=O)N3CCCC(C)C3)CC2)ccc1O.O=C(O)C(=O)O. The predicted molar refractivity (Wildman–Crippen MR) is 118 cm³/mol. The van der Waals surface area contributed by atoms with Gasteiger partial charge in [-0.05, 0) is 69.3 Å². The van der Waals surface area contributed by atoms with E-state index in [2.05, 4.69) is 16.7 Å². The van der Waals surface area contributed by atoms with Crippen molar-refractivity contribution in [3.05, 3.63) is 23.8 Å². The largest absolute Gasteiger partial charge is 0.504 e. The van der Waals surface area contributed by atoms with Crippen LogP contribution < -0.4 is 4.74 Å². The molecule has 0 aliphatic carbocycles. The Morgan fingerprint density at radius 1 is 1.06 bits per heavy atom. The maximum absolute atomic E-state index is 12.8. The van der Waals surface area contributed by atoms with E-state index in [-0.39, 0.29) is 11.7 Å². The Balaban J connectivity index is 0.000000534. The Labute approximate surface area is 188 Å². The number of benzene rings is 1. The van der Waals surface area contributed by atoms with Crippen LogP contribution in [0.5, 0.6) is 11.5 Å². The molecular weight excluding hydrogens is 416 g/mol. The number of carboxylic acid groups (broad SMARTS) is 2. The van der Waals surface area contributed by atoms with Gasteiger partial charge in [-0.1, -0.05) is 13.0 Å². The number of aliphatic carboxylic acids is 2. The molecule has 1 aromatic carbocycles. The highest BCUT2D eigenvalue weighted by molar-refractivity contribution is 6.27. The smallest absolute Gasteiger partial charge is 0.414 e. The number of ether oxygens (including phenoxy) is 1. The van der Waals surface area contributed by atoms with Crippen molar-refractivity contribution in [2.75, 3.05) is 32.8 Å². The lowest BCUT2D eigenvalue weighted by molar-refractivity contribution is -0.159. The van der Waals surface area contributed by atoms with E-state index in [4.69, 9.17) is 24.5 Å². The molecule has 1 aromatic rings. The number of aromatic hydroxyl groups is 1. The summed E-state index contributed by atoms with van der Waals surface area (Å²) in [5, 5.41) is 24.6. The Bertz CT molecular complexity index is 779. The fourth-order valence-corrected chi connectivity index (χ4v) is 4.17. The van der Waals surface area contributed by atoms with E-state index in [1.54, 1.807) is 6.07 Å². The van der Waals surface area contributed by atoms with Crippen LogP contribution in [0.4, 0.5) is 0 Å². The van der Waals surface area contributed by atoms with Gasteiger partial charge >= 0.3 is 11.9 Å². The monoisotopic (exact) mass is 450 g/mol. The lowest BCUT2D eigenvalue weighted by atomic mass is 9.92. The van der Waals surface area contributed by atoms with Gasteiger partial charge in [0.25, 0.3) is 0 Å². The number of phenols is 1. The third-order valence-corrected chi connectivity index (χ3v) is 5.82. The zero-order chi connectivity index (χ0) is 23.7. The van der Waals surface area contributed by atoms with Crippen molar-refractivity contribution in [2.45, 2.75) is 46.1 Å². The molecule has 9 heteroatoms. The van der Waals surface area contributed by atoms with Crippen molar-refractivity contribution in [3.63, 3.8) is 0 Å². The van der Waals surface area contributed by atoms with Crippen molar-refractivity contribution in [1.29, 1.82) is 0 Å². The summed E-state index contributed by atoms with van der Waals surface area (Å²) in [5.74, 6) is -1.70. The molecule has 178 valence electrons. The fourth-order valence-electron chi connectivity index (χ4n) is 4.17. The Morgan fingerprint density at radius 2 is 1.72 bits per heavy atom. The van der Waals surface area contributed by atoms with Crippen LogP contribution in [0.15, 0.2) is 18.2 Å². The molecule has 3 N–H and O–H groups in total. The van der Waals surface area contributed by atoms with Crippen LogP contribution in [-0.2, 0) is 20.9 Å². The first kappa shape index (κ1) is 25.5. The average Bonchev–Trinajstić information content (AvgIpc) is 2.76. The summed E-state index contributed by atoms with van der Waals surface area (Å²) in [4.78, 5) is 35.5. The summed E-state index contributed by atoms with van der Waals surface area (Å²) in [6.45, 7) is 9.31. The molecule has 2 heterocycles. The van der Waals surface area contributed by atoms with Crippen LogP contribution in [0.2, 0.25) is 0 Å². The molecule has 0 saturated carbocycles. The summed E-state index contributed by atoms with van der Waals surface area (Å²) >= 11 is 0. The first-order chi connectivity index (χ1) is 15.2. The minimum Gasteiger partial charge on any atom is -0.504 e. The van der Waals surface area contributed by atoms with Gasteiger partial charge in [0.2, 0.25) is 5.91 Å². The topological polar surface area (TPSA) is 128 Å². The lowest BCUT2D eigenvalue weighted by Crippen LogP contribution is -2.45. The molecule has 2 fully saturated rings. The number of nitrogens with zero attached hydrogens (tertiary/aromatic N) is 2. The third kappa shape index (κ3) is 7.71. The Hall–Kier alpha value is -2.81. The standard InChI is InChI=1S/C21H32N2O3.C2H2O4/c1-3-26-20-13-17(6-7-19(20)24)15-22-11-8-18(9-12-22)21(25)23-10-4-5-16(2)14-23;3-1(4)2(5)6/h6-7,13,16,18,24H,3-5,8-12,14-15H2,1-2H3;(H,3,4)(H,5,6). The lowest BCUT2D eigenvalue weighted by Gasteiger charge is -2.37. The molecule has 2 aliphatic heterocycles. The zero-order valence-electron chi connectivity index (χ0n) is 18.8. The van der Waals surface area contributed by atoms with Crippen LogP contribution in [0, 0.1) is 11.8 Å². The van der Waals surface area contributed by atoms with E-state index in [0.717, 1.165) is 57.5 Å².